The van der Waals surface area contributed by atoms with Crippen LogP contribution in [0.3, 0.4) is 0 Å². The fourth-order valence-electron chi connectivity index (χ4n) is 1.23. The first kappa shape index (κ1) is 14.4. The maximum atomic E-state index is 5.71. The Labute approximate surface area is 119 Å². The Hall–Kier alpha value is 0.330. The number of benzene rings is 1. The van der Waals surface area contributed by atoms with Crippen molar-refractivity contribution in [2.75, 3.05) is 18.1 Å². The molecule has 1 aromatic carbocycles. The molecule has 0 aliphatic heterocycles. The SMILES string of the molecule is CCSCCCOc1ccc(CBr)cc1Br. The smallest absolute Gasteiger partial charge is 0.133 e. The van der Waals surface area contributed by atoms with E-state index in [0.717, 1.165) is 28.6 Å². The second kappa shape index (κ2) is 8.43. The van der Waals surface area contributed by atoms with E-state index in [1.165, 1.54) is 17.1 Å². The molecular weight excluding hydrogens is 352 g/mol. The second-order valence-corrected chi connectivity index (χ2v) is 6.11. The van der Waals surface area contributed by atoms with Crippen LogP contribution in [0.2, 0.25) is 0 Å². The molecule has 0 bridgehead atoms. The summed E-state index contributed by atoms with van der Waals surface area (Å²) in [6.45, 7) is 2.97. The summed E-state index contributed by atoms with van der Waals surface area (Å²) >= 11 is 8.91. The van der Waals surface area contributed by atoms with Crippen molar-refractivity contribution >= 4 is 43.6 Å². The summed E-state index contributed by atoms with van der Waals surface area (Å²) in [6, 6.07) is 6.19. The molecule has 0 N–H and O–H groups in total. The van der Waals surface area contributed by atoms with Crippen molar-refractivity contribution in [1.29, 1.82) is 0 Å². The van der Waals surface area contributed by atoms with Crippen LogP contribution in [0, 0.1) is 0 Å². The van der Waals surface area contributed by atoms with Crippen molar-refractivity contribution in [3.8, 4) is 5.75 Å². The van der Waals surface area contributed by atoms with E-state index >= 15 is 0 Å². The Morgan fingerprint density at radius 1 is 1.38 bits per heavy atom. The minimum atomic E-state index is 0.791. The summed E-state index contributed by atoms with van der Waals surface area (Å²) < 4.78 is 6.74. The van der Waals surface area contributed by atoms with Gasteiger partial charge in [0, 0.05) is 5.33 Å². The van der Waals surface area contributed by atoms with Crippen LogP contribution >= 0.6 is 43.6 Å². The molecule has 1 rings (SSSR count). The zero-order chi connectivity index (χ0) is 11.8. The molecule has 90 valence electrons. The summed E-state index contributed by atoms with van der Waals surface area (Å²) in [7, 11) is 0. The predicted molar refractivity (Wildman–Crippen MR) is 79.9 cm³/mol. The highest BCUT2D eigenvalue weighted by Crippen LogP contribution is 2.27. The molecule has 0 aromatic heterocycles. The lowest BCUT2D eigenvalue weighted by Gasteiger charge is -2.08. The summed E-state index contributed by atoms with van der Waals surface area (Å²) in [6.07, 6.45) is 1.10. The first-order valence-corrected chi connectivity index (χ1v) is 8.39. The zero-order valence-electron chi connectivity index (χ0n) is 9.34. The van der Waals surface area contributed by atoms with E-state index in [1.807, 2.05) is 17.8 Å². The van der Waals surface area contributed by atoms with E-state index in [2.05, 4.69) is 50.9 Å². The van der Waals surface area contributed by atoms with Crippen LogP contribution in [-0.2, 0) is 5.33 Å². The maximum Gasteiger partial charge on any atom is 0.133 e. The van der Waals surface area contributed by atoms with Gasteiger partial charge in [0.2, 0.25) is 0 Å². The number of ether oxygens (including phenoxy) is 1. The summed E-state index contributed by atoms with van der Waals surface area (Å²) in [5, 5.41) is 0.874. The lowest BCUT2D eigenvalue weighted by molar-refractivity contribution is 0.316. The Balaban J connectivity index is 2.36. The highest BCUT2D eigenvalue weighted by molar-refractivity contribution is 9.10. The van der Waals surface area contributed by atoms with Gasteiger partial charge >= 0.3 is 0 Å². The summed E-state index contributed by atoms with van der Waals surface area (Å²) in [4.78, 5) is 0. The van der Waals surface area contributed by atoms with Gasteiger partial charge in [0.1, 0.15) is 5.75 Å². The first-order chi connectivity index (χ1) is 7.77. The third kappa shape index (κ3) is 5.11. The molecular formula is C12H16Br2OS. The van der Waals surface area contributed by atoms with Crippen molar-refractivity contribution in [3.05, 3.63) is 28.2 Å². The Bertz CT molecular complexity index is 318. The molecule has 0 fully saturated rings. The van der Waals surface area contributed by atoms with Gasteiger partial charge < -0.3 is 4.74 Å². The maximum absolute atomic E-state index is 5.71. The van der Waals surface area contributed by atoms with E-state index in [4.69, 9.17) is 4.74 Å². The molecule has 0 unspecified atom stereocenters. The van der Waals surface area contributed by atoms with Gasteiger partial charge in [0.25, 0.3) is 0 Å². The van der Waals surface area contributed by atoms with Gasteiger partial charge in [-0.2, -0.15) is 11.8 Å². The second-order valence-electron chi connectivity index (χ2n) is 3.30. The van der Waals surface area contributed by atoms with E-state index < -0.39 is 0 Å². The molecule has 0 saturated heterocycles. The summed E-state index contributed by atoms with van der Waals surface area (Å²) in [5.74, 6) is 3.29. The van der Waals surface area contributed by atoms with Crippen LogP contribution < -0.4 is 4.74 Å². The van der Waals surface area contributed by atoms with Gasteiger partial charge in [-0.1, -0.05) is 28.9 Å². The van der Waals surface area contributed by atoms with Crippen LogP contribution in [0.4, 0.5) is 0 Å². The monoisotopic (exact) mass is 366 g/mol. The van der Waals surface area contributed by atoms with Crippen LogP contribution in [0.5, 0.6) is 5.75 Å². The van der Waals surface area contributed by atoms with Gasteiger partial charge in [0.15, 0.2) is 0 Å². The normalized spacial score (nSPS) is 10.4. The first-order valence-electron chi connectivity index (χ1n) is 5.33. The van der Waals surface area contributed by atoms with Gasteiger partial charge in [-0.3, -0.25) is 0 Å². The van der Waals surface area contributed by atoms with Crippen LogP contribution in [-0.4, -0.2) is 18.1 Å². The largest absolute Gasteiger partial charge is 0.492 e. The number of hydrogen-bond acceptors (Lipinski definition) is 2. The number of hydrogen-bond donors (Lipinski definition) is 0. The van der Waals surface area contributed by atoms with E-state index in [-0.39, 0.29) is 0 Å². The zero-order valence-corrected chi connectivity index (χ0v) is 13.3. The van der Waals surface area contributed by atoms with E-state index in [0.29, 0.717) is 0 Å². The van der Waals surface area contributed by atoms with E-state index in [9.17, 15) is 0 Å². The molecule has 0 aliphatic rings. The van der Waals surface area contributed by atoms with Crippen molar-refractivity contribution < 1.29 is 4.74 Å². The number of rotatable bonds is 7. The van der Waals surface area contributed by atoms with Gasteiger partial charge in [-0.25, -0.2) is 0 Å². The van der Waals surface area contributed by atoms with Gasteiger partial charge in [0.05, 0.1) is 11.1 Å². The Morgan fingerprint density at radius 3 is 2.81 bits per heavy atom. The van der Waals surface area contributed by atoms with Gasteiger partial charge in [-0.15, -0.1) is 0 Å². The molecule has 0 atom stereocenters. The van der Waals surface area contributed by atoms with E-state index in [1.54, 1.807) is 0 Å². The molecule has 0 radical (unpaired) electrons. The third-order valence-corrected chi connectivity index (χ3v) is 4.30. The minimum absolute atomic E-state index is 0.791. The summed E-state index contributed by atoms with van der Waals surface area (Å²) in [5.41, 5.74) is 1.25. The van der Waals surface area contributed by atoms with Crippen LogP contribution in [0.15, 0.2) is 22.7 Å². The predicted octanol–water partition coefficient (Wildman–Crippen LogP) is 4.87. The lowest BCUT2D eigenvalue weighted by atomic mass is 10.2. The highest BCUT2D eigenvalue weighted by Gasteiger charge is 2.01. The number of alkyl halides is 1. The fraction of sp³-hybridized carbons (Fsp3) is 0.500. The minimum Gasteiger partial charge on any atom is -0.492 e. The average Bonchev–Trinajstić information content (AvgIpc) is 2.30. The molecule has 0 saturated carbocycles. The molecule has 1 aromatic rings. The Kier molecular flexibility index (Phi) is 7.58. The number of thioether (sulfide) groups is 1. The van der Waals surface area contributed by atoms with Crippen molar-refractivity contribution in [3.63, 3.8) is 0 Å². The quantitative estimate of drug-likeness (QED) is 0.502. The molecule has 1 nitrogen and oxygen atoms in total. The fourth-order valence-corrected chi connectivity index (χ4v) is 2.73. The number of halogens is 2. The topological polar surface area (TPSA) is 9.23 Å². The molecule has 16 heavy (non-hydrogen) atoms. The highest BCUT2D eigenvalue weighted by atomic mass is 79.9. The van der Waals surface area contributed by atoms with Crippen molar-refractivity contribution in [2.24, 2.45) is 0 Å². The standard InChI is InChI=1S/C12H16Br2OS/c1-2-16-7-3-6-15-12-5-4-10(9-13)8-11(12)14/h4-5,8H,2-3,6-7,9H2,1H3. The van der Waals surface area contributed by atoms with Gasteiger partial charge in [-0.05, 0) is 51.6 Å². The molecule has 4 heteroatoms. The van der Waals surface area contributed by atoms with Crippen molar-refractivity contribution in [2.45, 2.75) is 18.7 Å². The molecule has 0 spiro atoms. The molecule has 0 amide bonds. The molecule has 0 aliphatic carbocycles. The molecule has 0 heterocycles. The average molecular weight is 368 g/mol. The van der Waals surface area contributed by atoms with Crippen molar-refractivity contribution in [1.82, 2.24) is 0 Å². The van der Waals surface area contributed by atoms with Crippen LogP contribution in [0.1, 0.15) is 18.9 Å². The Morgan fingerprint density at radius 2 is 2.19 bits per heavy atom. The third-order valence-electron chi connectivity index (χ3n) is 2.05. The lowest BCUT2D eigenvalue weighted by Crippen LogP contribution is -1.99. The van der Waals surface area contributed by atoms with Crippen LogP contribution in [0.25, 0.3) is 0 Å².